The Labute approximate surface area is 81.4 Å². The molecule has 2 nitrogen and oxygen atoms in total. The van der Waals surface area contributed by atoms with Gasteiger partial charge in [0.1, 0.15) is 5.82 Å². The van der Waals surface area contributed by atoms with Crippen LogP contribution in [0.2, 0.25) is 0 Å². The summed E-state index contributed by atoms with van der Waals surface area (Å²) in [6.45, 7) is 1.69. The van der Waals surface area contributed by atoms with E-state index in [0.717, 1.165) is 32.1 Å². The Hall–Kier alpha value is -1.03. The molecule has 0 saturated carbocycles. The Morgan fingerprint density at radius 3 is 3.00 bits per heavy atom. The number of rotatable bonds is 1. The highest BCUT2D eigenvalue weighted by Gasteiger charge is 2.19. The molecule has 0 bridgehead atoms. The highest BCUT2D eigenvalue weighted by atomic mass is 19.1. The van der Waals surface area contributed by atoms with E-state index in [4.69, 9.17) is 0 Å². The second kappa shape index (κ2) is 4.00. The molecule has 4 heteroatoms. The average molecular weight is 198 g/mol. The molecule has 1 saturated heterocycles. The molecule has 1 aromatic rings. The third-order valence-electron chi connectivity index (χ3n) is 2.59. The van der Waals surface area contributed by atoms with Gasteiger partial charge >= 0.3 is 0 Å². The Balaban J connectivity index is 2.24. The van der Waals surface area contributed by atoms with Crippen molar-refractivity contribution >= 4 is 0 Å². The summed E-state index contributed by atoms with van der Waals surface area (Å²) in [5, 5.41) is 3.17. The number of halogens is 2. The van der Waals surface area contributed by atoms with Crippen molar-refractivity contribution in [1.29, 1.82) is 0 Å². The Bertz CT molecular complexity index is 322. The molecule has 0 spiro atoms. The van der Waals surface area contributed by atoms with Gasteiger partial charge in [-0.3, -0.25) is 0 Å². The van der Waals surface area contributed by atoms with E-state index in [0.29, 0.717) is 5.56 Å². The van der Waals surface area contributed by atoms with Gasteiger partial charge in [0, 0.05) is 6.54 Å². The summed E-state index contributed by atoms with van der Waals surface area (Å²) in [6.07, 6.45) is 2.88. The van der Waals surface area contributed by atoms with Crippen molar-refractivity contribution < 1.29 is 8.78 Å². The molecular weight excluding hydrogens is 186 g/mol. The molecule has 1 unspecified atom stereocenters. The predicted molar refractivity (Wildman–Crippen MR) is 49.0 cm³/mol. The number of hydrogen-bond acceptors (Lipinski definition) is 2. The van der Waals surface area contributed by atoms with Crippen LogP contribution in [-0.4, -0.2) is 18.1 Å². The number of aromatic nitrogens is 1. The van der Waals surface area contributed by atoms with Crippen LogP contribution in [0.5, 0.6) is 0 Å². The van der Waals surface area contributed by atoms with Crippen molar-refractivity contribution in [2.45, 2.75) is 18.8 Å². The number of pyridine rings is 1. The van der Waals surface area contributed by atoms with Crippen molar-refractivity contribution in [3.63, 3.8) is 0 Å². The van der Waals surface area contributed by atoms with Gasteiger partial charge in [0.2, 0.25) is 5.95 Å². The monoisotopic (exact) mass is 198 g/mol. The lowest BCUT2D eigenvalue weighted by Gasteiger charge is -2.23. The zero-order chi connectivity index (χ0) is 9.97. The van der Waals surface area contributed by atoms with Gasteiger partial charge in [-0.25, -0.2) is 9.37 Å². The van der Waals surface area contributed by atoms with Crippen LogP contribution < -0.4 is 5.32 Å². The van der Waals surface area contributed by atoms with Gasteiger partial charge in [-0.05, 0) is 36.9 Å². The molecule has 14 heavy (non-hydrogen) atoms. The molecule has 1 aliphatic heterocycles. The summed E-state index contributed by atoms with van der Waals surface area (Å²) in [4.78, 5) is 3.27. The van der Waals surface area contributed by atoms with E-state index in [9.17, 15) is 8.78 Å². The molecule has 2 rings (SSSR count). The smallest absolute Gasteiger partial charge is 0.213 e. The number of nitrogens with one attached hydrogen (secondary N) is 1. The molecular formula is C10H12F2N2. The maximum atomic E-state index is 13.3. The van der Waals surface area contributed by atoms with Crippen molar-refractivity contribution in [3.05, 3.63) is 29.6 Å². The average Bonchev–Trinajstić information content (AvgIpc) is 2.23. The zero-order valence-corrected chi connectivity index (χ0v) is 7.76. The molecule has 1 aromatic heterocycles. The van der Waals surface area contributed by atoms with Gasteiger partial charge in [-0.15, -0.1) is 0 Å². The molecule has 1 N–H and O–H groups in total. The normalized spacial score (nSPS) is 22.3. The Kier molecular flexibility index (Phi) is 2.72. The first kappa shape index (κ1) is 9.52. The highest BCUT2D eigenvalue weighted by Crippen LogP contribution is 2.25. The van der Waals surface area contributed by atoms with Crippen LogP contribution in [0.25, 0.3) is 0 Å². The first-order chi connectivity index (χ1) is 6.77. The lowest BCUT2D eigenvalue weighted by atomic mass is 9.92. The fourth-order valence-corrected chi connectivity index (χ4v) is 1.86. The third-order valence-corrected chi connectivity index (χ3v) is 2.59. The summed E-state index contributed by atoms with van der Waals surface area (Å²) >= 11 is 0. The standard InChI is InChI=1S/C10H12F2N2/c11-9-6-14-10(12)4-8(9)7-2-1-3-13-5-7/h4,6-7,13H,1-3,5H2. The molecule has 0 amide bonds. The first-order valence-corrected chi connectivity index (χ1v) is 4.79. The lowest BCUT2D eigenvalue weighted by Crippen LogP contribution is -2.29. The summed E-state index contributed by atoms with van der Waals surface area (Å²) in [7, 11) is 0. The van der Waals surface area contributed by atoms with Gasteiger partial charge in [0.25, 0.3) is 0 Å². The van der Waals surface area contributed by atoms with Gasteiger partial charge in [-0.2, -0.15) is 4.39 Å². The predicted octanol–water partition coefficient (Wildman–Crippen LogP) is 1.83. The molecule has 0 radical (unpaired) electrons. The molecule has 1 aliphatic rings. The Morgan fingerprint density at radius 1 is 1.43 bits per heavy atom. The molecule has 2 heterocycles. The van der Waals surface area contributed by atoms with Crippen LogP contribution in [0, 0.1) is 11.8 Å². The van der Waals surface area contributed by atoms with Crippen molar-refractivity contribution in [2.75, 3.05) is 13.1 Å². The van der Waals surface area contributed by atoms with Crippen LogP contribution in [0.3, 0.4) is 0 Å². The number of hydrogen-bond donors (Lipinski definition) is 1. The van der Waals surface area contributed by atoms with E-state index in [1.165, 1.54) is 6.07 Å². The van der Waals surface area contributed by atoms with Gasteiger partial charge in [0.15, 0.2) is 0 Å². The second-order valence-corrected chi connectivity index (χ2v) is 3.57. The van der Waals surface area contributed by atoms with E-state index >= 15 is 0 Å². The fourth-order valence-electron chi connectivity index (χ4n) is 1.86. The fraction of sp³-hybridized carbons (Fsp3) is 0.500. The van der Waals surface area contributed by atoms with Crippen molar-refractivity contribution in [1.82, 2.24) is 10.3 Å². The summed E-state index contributed by atoms with van der Waals surface area (Å²) in [5.41, 5.74) is 0.449. The maximum Gasteiger partial charge on any atom is 0.213 e. The largest absolute Gasteiger partial charge is 0.316 e. The van der Waals surface area contributed by atoms with E-state index in [1.54, 1.807) is 0 Å². The van der Waals surface area contributed by atoms with Crippen LogP contribution in [-0.2, 0) is 0 Å². The third kappa shape index (κ3) is 1.90. The molecule has 76 valence electrons. The van der Waals surface area contributed by atoms with E-state index < -0.39 is 11.8 Å². The summed E-state index contributed by atoms with van der Waals surface area (Å²) in [6, 6.07) is 1.20. The van der Waals surface area contributed by atoms with E-state index in [1.807, 2.05) is 0 Å². The van der Waals surface area contributed by atoms with Crippen molar-refractivity contribution in [3.8, 4) is 0 Å². The van der Waals surface area contributed by atoms with Crippen LogP contribution in [0.1, 0.15) is 24.3 Å². The first-order valence-electron chi connectivity index (χ1n) is 4.79. The molecule has 0 aromatic carbocycles. The highest BCUT2D eigenvalue weighted by molar-refractivity contribution is 5.19. The van der Waals surface area contributed by atoms with Crippen LogP contribution in [0.15, 0.2) is 12.3 Å². The molecule has 1 atom stereocenters. The minimum atomic E-state index is -0.605. The minimum absolute atomic E-state index is 0.0845. The van der Waals surface area contributed by atoms with Gasteiger partial charge < -0.3 is 5.32 Å². The molecule has 1 fully saturated rings. The SMILES string of the molecule is Fc1cc(C2CCCNC2)c(F)cn1. The van der Waals surface area contributed by atoms with Crippen LogP contribution >= 0.6 is 0 Å². The quantitative estimate of drug-likeness (QED) is 0.696. The molecule has 0 aliphatic carbocycles. The second-order valence-electron chi connectivity index (χ2n) is 3.57. The minimum Gasteiger partial charge on any atom is -0.316 e. The maximum absolute atomic E-state index is 13.3. The summed E-state index contributed by atoms with van der Waals surface area (Å²) in [5.74, 6) is -0.923. The van der Waals surface area contributed by atoms with Gasteiger partial charge in [-0.1, -0.05) is 0 Å². The van der Waals surface area contributed by atoms with E-state index in [-0.39, 0.29) is 5.92 Å². The van der Waals surface area contributed by atoms with Crippen LogP contribution in [0.4, 0.5) is 8.78 Å². The number of nitrogens with zero attached hydrogens (tertiary/aromatic N) is 1. The summed E-state index contributed by atoms with van der Waals surface area (Å²) < 4.78 is 26.1. The van der Waals surface area contributed by atoms with Gasteiger partial charge in [0.05, 0.1) is 6.20 Å². The van der Waals surface area contributed by atoms with Crippen molar-refractivity contribution in [2.24, 2.45) is 0 Å². The topological polar surface area (TPSA) is 24.9 Å². The van der Waals surface area contributed by atoms with E-state index in [2.05, 4.69) is 10.3 Å². The zero-order valence-electron chi connectivity index (χ0n) is 7.76. The lowest BCUT2D eigenvalue weighted by molar-refractivity contribution is 0.440. The Morgan fingerprint density at radius 2 is 2.29 bits per heavy atom. The number of piperidine rings is 1.